The molecule has 27 heavy (non-hydrogen) atoms. The summed E-state index contributed by atoms with van der Waals surface area (Å²) in [4.78, 5) is 51.3. The zero-order valence-electron chi connectivity index (χ0n) is 16.0. The molecule has 0 aliphatic heterocycles. The van der Waals surface area contributed by atoms with Crippen molar-refractivity contribution < 1.29 is 38.1 Å². The van der Waals surface area contributed by atoms with Gasteiger partial charge in [0.2, 0.25) is 0 Å². The molecule has 0 spiro atoms. The monoisotopic (exact) mass is 383 g/mol. The van der Waals surface area contributed by atoms with Crippen molar-refractivity contribution >= 4 is 23.9 Å². The fraction of sp³-hybridized carbons (Fsp3) is 0.556. The second-order valence-electron chi connectivity index (χ2n) is 5.24. The number of carbonyl (C=O) groups excluding carboxylic acids is 4. The first-order valence-electron chi connectivity index (χ1n) is 8.78. The third kappa shape index (κ3) is 6.12. The maximum Gasteiger partial charge on any atom is 0.355 e. The van der Waals surface area contributed by atoms with Crippen LogP contribution in [0.3, 0.4) is 0 Å². The summed E-state index contributed by atoms with van der Waals surface area (Å²) in [5.74, 6) is -2.74. The van der Waals surface area contributed by atoms with Gasteiger partial charge in [-0.15, -0.1) is 0 Å². The minimum absolute atomic E-state index is 0.0546. The summed E-state index contributed by atoms with van der Waals surface area (Å²) >= 11 is 0. The average molecular weight is 383 g/mol. The summed E-state index contributed by atoms with van der Waals surface area (Å²) < 4.78 is 19.8. The zero-order valence-corrected chi connectivity index (χ0v) is 16.0. The van der Waals surface area contributed by atoms with Gasteiger partial charge in [0.1, 0.15) is 5.69 Å². The second kappa shape index (κ2) is 11.0. The van der Waals surface area contributed by atoms with Gasteiger partial charge in [-0.05, 0) is 27.7 Å². The van der Waals surface area contributed by atoms with Crippen molar-refractivity contribution in [2.75, 3.05) is 26.4 Å². The van der Waals surface area contributed by atoms with E-state index in [0.717, 1.165) is 0 Å². The Morgan fingerprint density at radius 3 is 1.70 bits per heavy atom. The van der Waals surface area contributed by atoms with Gasteiger partial charge in [-0.25, -0.2) is 9.59 Å². The van der Waals surface area contributed by atoms with Crippen molar-refractivity contribution in [2.24, 2.45) is 0 Å². The van der Waals surface area contributed by atoms with Crippen LogP contribution in [0.25, 0.3) is 0 Å². The molecular weight excluding hydrogens is 358 g/mol. The maximum atomic E-state index is 12.5. The number of hydrogen-bond donors (Lipinski definition) is 1. The number of aromatic amines is 1. The SMILES string of the molecule is CCOC(=O)Cc1[nH]c(C(=O)OCC)c(CC(=O)OCC)c1C(=O)OCC. The van der Waals surface area contributed by atoms with Crippen LogP contribution in [-0.2, 0) is 41.4 Å². The lowest BCUT2D eigenvalue weighted by atomic mass is 10.0. The Kier molecular flexibility index (Phi) is 9.04. The lowest BCUT2D eigenvalue weighted by Gasteiger charge is -2.08. The zero-order chi connectivity index (χ0) is 20.4. The smallest absolute Gasteiger partial charge is 0.355 e. The van der Waals surface area contributed by atoms with Gasteiger partial charge >= 0.3 is 23.9 Å². The number of rotatable bonds is 10. The highest BCUT2D eigenvalue weighted by Gasteiger charge is 2.30. The highest BCUT2D eigenvalue weighted by Crippen LogP contribution is 2.24. The fourth-order valence-corrected chi connectivity index (χ4v) is 2.45. The molecule has 0 bridgehead atoms. The standard InChI is InChI=1S/C18H25NO8/c1-5-24-13(20)9-11-15(17(22)26-7-3)12(10-14(21)25-6-2)19-16(11)18(23)27-8-4/h19H,5-10H2,1-4H3. The van der Waals surface area contributed by atoms with E-state index in [4.69, 9.17) is 18.9 Å². The van der Waals surface area contributed by atoms with Gasteiger partial charge in [0, 0.05) is 11.3 Å². The van der Waals surface area contributed by atoms with Crippen molar-refractivity contribution in [1.82, 2.24) is 4.98 Å². The Morgan fingerprint density at radius 1 is 0.704 bits per heavy atom. The first-order chi connectivity index (χ1) is 12.9. The molecule has 150 valence electrons. The number of ether oxygens (including phenoxy) is 4. The molecule has 1 aromatic heterocycles. The highest BCUT2D eigenvalue weighted by molar-refractivity contribution is 6.01. The van der Waals surface area contributed by atoms with Gasteiger partial charge in [0.15, 0.2) is 0 Å². The van der Waals surface area contributed by atoms with E-state index in [1.165, 1.54) is 0 Å². The molecule has 0 saturated heterocycles. The molecule has 0 aliphatic carbocycles. The van der Waals surface area contributed by atoms with Crippen LogP contribution in [0.4, 0.5) is 0 Å². The number of hydrogen-bond acceptors (Lipinski definition) is 8. The van der Waals surface area contributed by atoms with Crippen molar-refractivity contribution in [2.45, 2.75) is 40.5 Å². The van der Waals surface area contributed by atoms with Gasteiger partial charge < -0.3 is 23.9 Å². The lowest BCUT2D eigenvalue weighted by molar-refractivity contribution is -0.143. The molecular formula is C18H25NO8. The molecule has 1 heterocycles. The quantitative estimate of drug-likeness (QED) is 0.477. The molecule has 0 radical (unpaired) electrons. The predicted octanol–water partition coefficient (Wildman–Crippen LogP) is 1.58. The van der Waals surface area contributed by atoms with Crippen LogP contribution in [0.5, 0.6) is 0 Å². The minimum Gasteiger partial charge on any atom is -0.466 e. The summed E-state index contributed by atoms with van der Waals surface area (Å²) in [5, 5.41) is 0. The Hall–Kier alpha value is -2.84. The van der Waals surface area contributed by atoms with Crippen LogP contribution < -0.4 is 0 Å². The normalized spacial score (nSPS) is 10.2. The molecule has 9 nitrogen and oxygen atoms in total. The summed E-state index contributed by atoms with van der Waals surface area (Å²) in [6, 6.07) is 0. The largest absolute Gasteiger partial charge is 0.466 e. The second-order valence-corrected chi connectivity index (χ2v) is 5.24. The Morgan fingerprint density at radius 2 is 1.19 bits per heavy atom. The van der Waals surface area contributed by atoms with Crippen molar-refractivity contribution in [3.63, 3.8) is 0 Å². The third-order valence-corrected chi connectivity index (χ3v) is 3.39. The Labute approximate surface area is 157 Å². The van der Waals surface area contributed by atoms with Gasteiger partial charge in [-0.3, -0.25) is 9.59 Å². The van der Waals surface area contributed by atoms with Gasteiger partial charge in [0.25, 0.3) is 0 Å². The minimum atomic E-state index is -0.761. The third-order valence-electron chi connectivity index (χ3n) is 3.39. The van der Waals surface area contributed by atoms with E-state index >= 15 is 0 Å². The van der Waals surface area contributed by atoms with Crippen molar-refractivity contribution in [1.29, 1.82) is 0 Å². The number of H-pyrrole nitrogens is 1. The molecule has 0 unspecified atom stereocenters. The van der Waals surface area contributed by atoms with Crippen LogP contribution >= 0.6 is 0 Å². The number of esters is 4. The van der Waals surface area contributed by atoms with Crippen LogP contribution in [0.1, 0.15) is 59.8 Å². The van der Waals surface area contributed by atoms with Crippen LogP contribution in [-0.4, -0.2) is 55.3 Å². The Bertz CT molecular complexity index is 692. The molecule has 1 rings (SSSR count). The number of nitrogens with one attached hydrogen (secondary N) is 1. The average Bonchev–Trinajstić information content (AvgIpc) is 2.93. The molecule has 0 aliphatic rings. The van der Waals surface area contributed by atoms with Crippen LogP contribution in [0.15, 0.2) is 0 Å². The molecule has 0 fully saturated rings. The van der Waals surface area contributed by atoms with Gasteiger partial charge in [-0.1, -0.05) is 0 Å². The maximum absolute atomic E-state index is 12.5. The molecule has 1 aromatic rings. The van der Waals surface area contributed by atoms with E-state index in [-0.39, 0.29) is 61.8 Å². The predicted molar refractivity (Wildman–Crippen MR) is 93.4 cm³/mol. The first kappa shape index (κ1) is 22.2. The molecule has 0 atom stereocenters. The van der Waals surface area contributed by atoms with E-state index in [0.29, 0.717) is 0 Å². The van der Waals surface area contributed by atoms with Crippen molar-refractivity contribution in [3.8, 4) is 0 Å². The number of carbonyl (C=O) groups is 4. The van der Waals surface area contributed by atoms with E-state index in [9.17, 15) is 19.2 Å². The molecule has 0 amide bonds. The summed E-state index contributed by atoms with van der Waals surface area (Å²) in [6.07, 6.45) is -0.646. The number of aromatic nitrogens is 1. The summed E-state index contributed by atoms with van der Waals surface area (Å²) in [5.41, 5.74) is 0.0483. The molecule has 0 saturated carbocycles. The highest BCUT2D eigenvalue weighted by atomic mass is 16.5. The van der Waals surface area contributed by atoms with E-state index in [1.807, 2.05) is 0 Å². The Balaban J connectivity index is 3.46. The van der Waals surface area contributed by atoms with Crippen molar-refractivity contribution in [3.05, 3.63) is 22.5 Å². The molecule has 9 heteroatoms. The van der Waals surface area contributed by atoms with E-state index in [2.05, 4.69) is 4.98 Å². The fourth-order valence-electron chi connectivity index (χ4n) is 2.45. The van der Waals surface area contributed by atoms with Gasteiger partial charge in [-0.2, -0.15) is 0 Å². The lowest BCUT2D eigenvalue weighted by Crippen LogP contribution is -2.17. The molecule has 0 aromatic carbocycles. The topological polar surface area (TPSA) is 121 Å². The van der Waals surface area contributed by atoms with Crippen LogP contribution in [0.2, 0.25) is 0 Å². The van der Waals surface area contributed by atoms with E-state index in [1.54, 1.807) is 27.7 Å². The van der Waals surface area contributed by atoms with E-state index < -0.39 is 23.9 Å². The van der Waals surface area contributed by atoms with Crippen LogP contribution in [0, 0.1) is 0 Å². The summed E-state index contributed by atoms with van der Waals surface area (Å²) in [7, 11) is 0. The molecule has 1 N–H and O–H groups in total. The summed E-state index contributed by atoms with van der Waals surface area (Å²) in [6.45, 7) is 7.01. The van der Waals surface area contributed by atoms with Gasteiger partial charge in [0.05, 0.1) is 44.8 Å². The first-order valence-corrected chi connectivity index (χ1v) is 8.78.